The molecule has 8 nitrogen and oxygen atoms in total. The van der Waals surface area contributed by atoms with Gasteiger partial charge in [-0.05, 0) is 84.4 Å². The second-order valence-corrected chi connectivity index (χ2v) is 11.4. The number of benzene rings is 4. The summed E-state index contributed by atoms with van der Waals surface area (Å²) in [5, 5.41) is 10.6. The summed E-state index contributed by atoms with van der Waals surface area (Å²) in [6.45, 7) is 0. The number of thiazole rings is 1. The number of anilines is 2. The molecule has 0 aliphatic carbocycles. The number of methoxy groups -OCH3 is 1. The molecule has 0 aliphatic heterocycles. The fourth-order valence-electron chi connectivity index (χ4n) is 4.03. The largest absolute Gasteiger partial charge is 0.497 e. The lowest BCUT2D eigenvalue weighted by Crippen LogP contribution is -2.30. The van der Waals surface area contributed by atoms with Crippen LogP contribution in [-0.4, -0.2) is 35.6 Å². The van der Waals surface area contributed by atoms with Crippen LogP contribution < -0.4 is 20.7 Å². The molecule has 3 N–H and O–H groups in total. The van der Waals surface area contributed by atoms with Crippen molar-refractivity contribution in [3.63, 3.8) is 0 Å². The lowest BCUT2D eigenvalue weighted by Gasteiger charge is -2.12. The van der Waals surface area contributed by atoms with E-state index in [1.54, 1.807) is 110 Å². The van der Waals surface area contributed by atoms with Gasteiger partial charge >= 0.3 is 0 Å². The van der Waals surface area contributed by atoms with Crippen LogP contribution in [0, 0.1) is 5.82 Å². The summed E-state index contributed by atoms with van der Waals surface area (Å²) in [5.41, 5.74) is 3.11. The van der Waals surface area contributed by atoms with Crippen LogP contribution in [0.3, 0.4) is 0 Å². The molecule has 1 heterocycles. The van der Waals surface area contributed by atoms with Crippen LogP contribution in [0.5, 0.6) is 5.75 Å². The van der Waals surface area contributed by atoms with Crippen molar-refractivity contribution in [2.75, 3.05) is 23.5 Å². The van der Waals surface area contributed by atoms with Gasteiger partial charge in [0.1, 0.15) is 17.3 Å². The number of nitrogens with one attached hydrogen (secondary N) is 3. The van der Waals surface area contributed by atoms with Gasteiger partial charge in [0.25, 0.3) is 11.8 Å². The van der Waals surface area contributed by atoms with Crippen molar-refractivity contribution in [3.05, 3.63) is 131 Å². The van der Waals surface area contributed by atoms with Crippen molar-refractivity contribution in [1.29, 1.82) is 0 Å². The fourth-order valence-corrected chi connectivity index (χ4v) is 5.47. The second-order valence-electron chi connectivity index (χ2n) is 9.51. The van der Waals surface area contributed by atoms with Crippen molar-refractivity contribution < 1.29 is 23.5 Å². The molecule has 0 aliphatic rings. The van der Waals surface area contributed by atoms with E-state index in [2.05, 4.69) is 20.9 Å². The number of ether oxygens (including phenoxy) is 1. The summed E-state index contributed by atoms with van der Waals surface area (Å²) in [6, 6.07) is 28.7. The maximum absolute atomic E-state index is 13.3. The van der Waals surface area contributed by atoms with Crippen LogP contribution in [0.25, 0.3) is 17.3 Å². The monoisotopic (exact) mass is 638 g/mol. The van der Waals surface area contributed by atoms with Crippen molar-refractivity contribution >= 4 is 57.7 Å². The summed E-state index contributed by atoms with van der Waals surface area (Å²) in [5.74, 6) is -0.648. The van der Waals surface area contributed by atoms with Crippen molar-refractivity contribution in [1.82, 2.24) is 10.3 Å². The van der Waals surface area contributed by atoms with Gasteiger partial charge in [-0.2, -0.15) is 0 Å². The molecule has 0 fully saturated rings. The first-order chi connectivity index (χ1) is 21.9. The molecule has 0 atom stereocenters. The smallest absolute Gasteiger partial charge is 0.272 e. The standard InChI is InChI=1S/C34H27FN4O4S2/c1-43-27-15-7-22(8-16-27)19-29(37-32(41)24-5-3-2-4-6-24)33(42)36-26-13-17-28(18-14-26)44-21-31(40)39-34-38-30(20-45-34)23-9-11-25(35)12-10-23/h2-20H,21H2,1H3,(H,36,42)(H,37,41)(H,38,39,40)/b29-19-. The van der Waals surface area contributed by atoms with E-state index in [4.69, 9.17) is 4.74 Å². The molecule has 5 rings (SSSR count). The zero-order valence-corrected chi connectivity index (χ0v) is 25.6. The van der Waals surface area contributed by atoms with Crippen LogP contribution in [0.2, 0.25) is 0 Å². The Labute approximate surface area is 267 Å². The van der Waals surface area contributed by atoms with Gasteiger partial charge in [0.2, 0.25) is 5.91 Å². The Bertz CT molecular complexity index is 1810. The highest BCUT2D eigenvalue weighted by Gasteiger charge is 2.16. The van der Waals surface area contributed by atoms with Gasteiger partial charge in [-0.15, -0.1) is 23.1 Å². The van der Waals surface area contributed by atoms with Gasteiger partial charge in [0.05, 0.1) is 18.6 Å². The normalized spacial score (nSPS) is 11.0. The van der Waals surface area contributed by atoms with Gasteiger partial charge < -0.3 is 20.7 Å². The van der Waals surface area contributed by atoms with Gasteiger partial charge in [-0.1, -0.05) is 30.3 Å². The number of hydrogen-bond acceptors (Lipinski definition) is 7. The quantitative estimate of drug-likeness (QED) is 0.105. The molecule has 0 bridgehead atoms. The number of carbonyl (C=O) groups is 3. The number of amides is 3. The average molecular weight is 639 g/mol. The number of nitrogens with zero attached hydrogens (tertiary/aromatic N) is 1. The predicted octanol–water partition coefficient (Wildman–Crippen LogP) is 7.10. The Morgan fingerprint density at radius 3 is 2.29 bits per heavy atom. The number of carbonyl (C=O) groups excluding carboxylic acids is 3. The number of halogens is 1. The molecule has 0 saturated carbocycles. The molecule has 0 unspecified atom stereocenters. The number of hydrogen-bond donors (Lipinski definition) is 3. The molecule has 11 heteroatoms. The third-order valence-electron chi connectivity index (χ3n) is 6.33. The van der Waals surface area contributed by atoms with Crippen LogP contribution in [0.4, 0.5) is 15.2 Å². The summed E-state index contributed by atoms with van der Waals surface area (Å²) >= 11 is 2.62. The van der Waals surface area contributed by atoms with E-state index >= 15 is 0 Å². The summed E-state index contributed by atoms with van der Waals surface area (Å²) in [7, 11) is 1.57. The van der Waals surface area contributed by atoms with E-state index in [9.17, 15) is 18.8 Å². The highest BCUT2D eigenvalue weighted by atomic mass is 32.2. The van der Waals surface area contributed by atoms with E-state index in [0.717, 1.165) is 10.5 Å². The first-order valence-electron chi connectivity index (χ1n) is 13.6. The van der Waals surface area contributed by atoms with E-state index in [1.807, 2.05) is 0 Å². The number of rotatable bonds is 11. The highest BCUT2D eigenvalue weighted by Crippen LogP contribution is 2.26. The molecule has 0 saturated heterocycles. The molecular weight excluding hydrogens is 612 g/mol. The molecule has 226 valence electrons. The minimum Gasteiger partial charge on any atom is -0.497 e. The molecule has 0 radical (unpaired) electrons. The average Bonchev–Trinajstić information content (AvgIpc) is 3.53. The van der Waals surface area contributed by atoms with Gasteiger partial charge in [0, 0.05) is 27.1 Å². The minimum absolute atomic E-state index is 0.0638. The predicted molar refractivity (Wildman–Crippen MR) is 177 cm³/mol. The zero-order valence-electron chi connectivity index (χ0n) is 24.0. The Morgan fingerprint density at radius 2 is 1.60 bits per heavy atom. The van der Waals surface area contributed by atoms with Crippen molar-refractivity contribution in [2.45, 2.75) is 4.90 Å². The van der Waals surface area contributed by atoms with Gasteiger partial charge in [-0.3, -0.25) is 14.4 Å². The van der Waals surface area contributed by atoms with E-state index < -0.39 is 11.8 Å². The molecule has 45 heavy (non-hydrogen) atoms. The van der Waals surface area contributed by atoms with E-state index in [1.165, 1.54) is 35.2 Å². The Hall–Kier alpha value is -5.26. The third-order valence-corrected chi connectivity index (χ3v) is 8.10. The topological polar surface area (TPSA) is 109 Å². The SMILES string of the molecule is COc1ccc(/C=C(\NC(=O)c2ccccc2)C(=O)Nc2ccc(SCC(=O)Nc3nc(-c4ccc(F)cc4)cs3)cc2)cc1. The number of aromatic nitrogens is 1. The lowest BCUT2D eigenvalue weighted by molar-refractivity contribution is -0.114. The molecule has 4 aromatic carbocycles. The maximum Gasteiger partial charge on any atom is 0.272 e. The summed E-state index contributed by atoms with van der Waals surface area (Å²) in [4.78, 5) is 43.9. The number of thioether (sulfide) groups is 1. The fraction of sp³-hybridized carbons (Fsp3) is 0.0588. The van der Waals surface area contributed by atoms with Crippen LogP contribution in [0.1, 0.15) is 15.9 Å². The molecular formula is C34H27FN4O4S2. The molecule has 5 aromatic rings. The van der Waals surface area contributed by atoms with Gasteiger partial charge in [0.15, 0.2) is 5.13 Å². The first-order valence-corrected chi connectivity index (χ1v) is 15.5. The van der Waals surface area contributed by atoms with E-state index in [-0.39, 0.29) is 23.2 Å². The van der Waals surface area contributed by atoms with E-state index in [0.29, 0.717) is 33.4 Å². The van der Waals surface area contributed by atoms with Crippen LogP contribution in [-0.2, 0) is 9.59 Å². The molecule has 0 spiro atoms. The molecule has 3 amide bonds. The van der Waals surface area contributed by atoms with Crippen molar-refractivity contribution in [2.24, 2.45) is 0 Å². The Kier molecular flexibility index (Phi) is 10.4. The van der Waals surface area contributed by atoms with Crippen LogP contribution in [0.15, 0.2) is 119 Å². The maximum atomic E-state index is 13.3. The second kappa shape index (κ2) is 15.0. The third kappa shape index (κ3) is 8.88. The highest BCUT2D eigenvalue weighted by molar-refractivity contribution is 8.00. The minimum atomic E-state index is -0.502. The Morgan fingerprint density at radius 1 is 0.889 bits per heavy atom. The summed E-state index contributed by atoms with van der Waals surface area (Å²) < 4.78 is 18.4. The van der Waals surface area contributed by atoms with Gasteiger partial charge in [-0.25, -0.2) is 9.37 Å². The lowest BCUT2D eigenvalue weighted by atomic mass is 10.1. The Balaban J connectivity index is 1.18. The zero-order chi connectivity index (χ0) is 31.6. The first kappa shape index (κ1) is 31.2. The van der Waals surface area contributed by atoms with Crippen molar-refractivity contribution in [3.8, 4) is 17.0 Å². The van der Waals surface area contributed by atoms with Crippen LogP contribution >= 0.6 is 23.1 Å². The summed E-state index contributed by atoms with van der Waals surface area (Å²) in [6.07, 6.45) is 1.59. The molecule has 1 aromatic heterocycles.